The Kier molecular flexibility index (Phi) is 7.37. The first-order chi connectivity index (χ1) is 20.6. The van der Waals surface area contributed by atoms with Crippen LogP contribution in [0.5, 0.6) is 5.75 Å². The topological polar surface area (TPSA) is 153 Å². The summed E-state index contributed by atoms with van der Waals surface area (Å²) in [5.41, 5.74) is 1.24. The summed E-state index contributed by atoms with van der Waals surface area (Å²) < 4.78 is 5.42. The van der Waals surface area contributed by atoms with E-state index in [1.165, 1.54) is 4.90 Å². The Morgan fingerprint density at radius 1 is 1.14 bits per heavy atom. The van der Waals surface area contributed by atoms with Crippen LogP contribution in [0.3, 0.4) is 0 Å². The van der Waals surface area contributed by atoms with E-state index >= 15 is 0 Å². The highest BCUT2D eigenvalue weighted by atomic mass is 16.5. The van der Waals surface area contributed by atoms with E-state index in [9.17, 15) is 24.3 Å². The van der Waals surface area contributed by atoms with Gasteiger partial charge in [0, 0.05) is 29.2 Å². The van der Waals surface area contributed by atoms with Crippen molar-refractivity contribution in [3.63, 3.8) is 0 Å². The lowest BCUT2D eigenvalue weighted by molar-refractivity contribution is -0.141. The molecule has 1 aliphatic carbocycles. The summed E-state index contributed by atoms with van der Waals surface area (Å²) in [6.07, 6.45) is 0.532. The van der Waals surface area contributed by atoms with Gasteiger partial charge in [-0.15, -0.1) is 0 Å². The van der Waals surface area contributed by atoms with Gasteiger partial charge in [-0.05, 0) is 61.4 Å². The number of carbonyl (C=O) groups is 4. The summed E-state index contributed by atoms with van der Waals surface area (Å²) in [6.45, 7) is 3.87. The predicted octanol–water partition coefficient (Wildman–Crippen LogP) is 2.45. The fraction of sp³-hybridized carbons (Fsp3) is 0.438. The molecule has 2 aromatic carbocycles. The molecule has 3 aliphatic rings. The van der Waals surface area contributed by atoms with Crippen molar-refractivity contribution in [3.05, 3.63) is 59.8 Å². The van der Waals surface area contributed by atoms with Gasteiger partial charge >= 0.3 is 0 Å². The summed E-state index contributed by atoms with van der Waals surface area (Å²) in [5.74, 6) is -1.12. The number of ether oxygens (including phenoxy) is 1. The minimum atomic E-state index is -1.54. The lowest BCUT2D eigenvalue weighted by atomic mass is 9.79. The average Bonchev–Trinajstić information content (AvgIpc) is 3.43. The lowest BCUT2D eigenvalue weighted by Crippen LogP contribution is -2.55. The number of aliphatic hydroxyl groups is 1. The van der Waals surface area contributed by atoms with Gasteiger partial charge in [0.25, 0.3) is 11.8 Å². The van der Waals surface area contributed by atoms with Crippen LogP contribution in [0.1, 0.15) is 55.6 Å². The SMILES string of the molecule is COc1cccc2[nH]c(C(=O)N[C@@H](CC(C)C)C(=O)N3C[C@]4(C[C@H]3C(O)C(=O)NC3CC3)C(=O)Nc3ccccc34)cc12. The first-order valence-corrected chi connectivity index (χ1v) is 14.8. The minimum absolute atomic E-state index is 0.0140. The predicted molar refractivity (Wildman–Crippen MR) is 160 cm³/mol. The largest absolute Gasteiger partial charge is 0.496 e. The quantitative estimate of drug-likeness (QED) is 0.259. The number of carbonyl (C=O) groups excluding carboxylic acids is 4. The van der Waals surface area contributed by atoms with Crippen LogP contribution in [-0.4, -0.2) is 76.5 Å². The number of rotatable bonds is 9. The summed E-state index contributed by atoms with van der Waals surface area (Å²) in [6, 6.07) is 12.5. The van der Waals surface area contributed by atoms with E-state index in [0.29, 0.717) is 23.4 Å². The van der Waals surface area contributed by atoms with Crippen LogP contribution in [0, 0.1) is 5.92 Å². The number of benzene rings is 2. The molecule has 0 radical (unpaired) electrons. The Bertz CT molecular complexity index is 1600. The van der Waals surface area contributed by atoms with Crippen molar-refractivity contribution in [2.75, 3.05) is 19.0 Å². The van der Waals surface area contributed by atoms with E-state index < -0.39 is 41.3 Å². The zero-order chi connectivity index (χ0) is 30.5. The molecule has 6 rings (SSSR count). The molecule has 4 atom stereocenters. The number of aromatic amines is 1. The van der Waals surface area contributed by atoms with Gasteiger partial charge in [0.2, 0.25) is 11.8 Å². The maximum atomic E-state index is 14.4. The Morgan fingerprint density at radius 2 is 1.91 bits per heavy atom. The van der Waals surface area contributed by atoms with Crippen molar-refractivity contribution in [2.24, 2.45) is 5.92 Å². The average molecular weight is 588 g/mol. The van der Waals surface area contributed by atoms with Gasteiger partial charge in [0.05, 0.1) is 18.6 Å². The van der Waals surface area contributed by atoms with Crippen molar-refractivity contribution < 1.29 is 29.0 Å². The lowest BCUT2D eigenvalue weighted by Gasteiger charge is -2.32. The third-order valence-electron chi connectivity index (χ3n) is 8.76. The third kappa shape index (κ3) is 5.22. The smallest absolute Gasteiger partial charge is 0.268 e. The second kappa shape index (κ2) is 11.0. The molecule has 0 bridgehead atoms. The Hall–Kier alpha value is -4.38. The molecule has 2 fully saturated rings. The standard InChI is InChI=1S/C32H37N5O6/c1-17(2)13-24(35-28(39)23-14-19-21(34-23)9-6-10-26(19)43-3)30(41)37-16-32(20-7-4-5-8-22(20)36-31(32)42)15-25(37)27(38)29(40)33-18-11-12-18/h4-10,14,17-18,24-25,27,34,38H,11-13,15-16H2,1-3H3,(H,33,40)(H,35,39)(H,36,42)/t24-,25-,27?,32-/m0/s1. The van der Waals surface area contributed by atoms with Gasteiger partial charge in [0.15, 0.2) is 6.10 Å². The maximum absolute atomic E-state index is 14.4. The Balaban J connectivity index is 1.31. The molecule has 11 nitrogen and oxygen atoms in total. The van der Waals surface area contributed by atoms with Gasteiger partial charge in [-0.3, -0.25) is 19.2 Å². The fourth-order valence-corrected chi connectivity index (χ4v) is 6.44. The van der Waals surface area contributed by atoms with Crippen LogP contribution in [0.2, 0.25) is 0 Å². The molecule has 43 heavy (non-hydrogen) atoms. The number of nitrogens with one attached hydrogen (secondary N) is 4. The molecule has 4 amide bonds. The van der Waals surface area contributed by atoms with Crippen LogP contribution in [0.25, 0.3) is 10.9 Å². The monoisotopic (exact) mass is 587 g/mol. The van der Waals surface area contributed by atoms with Gasteiger partial charge in [-0.2, -0.15) is 0 Å². The van der Waals surface area contributed by atoms with Gasteiger partial charge in [0.1, 0.15) is 17.5 Å². The number of aliphatic hydroxyl groups excluding tert-OH is 1. The van der Waals surface area contributed by atoms with E-state index in [-0.39, 0.29) is 36.5 Å². The highest BCUT2D eigenvalue weighted by molar-refractivity contribution is 6.08. The molecule has 5 N–H and O–H groups in total. The molecule has 3 heterocycles. The van der Waals surface area contributed by atoms with Crippen LogP contribution in [-0.2, 0) is 19.8 Å². The van der Waals surface area contributed by atoms with E-state index in [0.717, 1.165) is 23.8 Å². The second-order valence-electron chi connectivity index (χ2n) is 12.3. The van der Waals surface area contributed by atoms with Gasteiger partial charge in [-0.1, -0.05) is 38.1 Å². The number of hydrogen-bond acceptors (Lipinski definition) is 6. The molecular formula is C32H37N5O6. The molecule has 1 saturated heterocycles. The number of amides is 4. The van der Waals surface area contributed by atoms with Gasteiger partial charge in [-0.25, -0.2) is 0 Å². The van der Waals surface area contributed by atoms with Crippen LogP contribution >= 0.6 is 0 Å². The van der Waals surface area contributed by atoms with Crippen molar-refractivity contribution in [1.29, 1.82) is 0 Å². The number of aromatic nitrogens is 1. The van der Waals surface area contributed by atoms with Crippen LogP contribution in [0.15, 0.2) is 48.5 Å². The highest BCUT2D eigenvalue weighted by Gasteiger charge is 2.58. The molecule has 226 valence electrons. The first-order valence-electron chi connectivity index (χ1n) is 14.8. The Morgan fingerprint density at radius 3 is 2.63 bits per heavy atom. The van der Waals surface area contributed by atoms with Crippen LogP contribution < -0.4 is 20.7 Å². The first kappa shape index (κ1) is 28.7. The number of nitrogens with zero attached hydrogens (tertiary/aromatic N) is 1. The molecular weight excluding hydrogens is 550 g/mol. The summed E-state index contributed by atoms with van der Waals surface area (Å²) >= 11 is 0. The number of likely N-dealkylation sites (tertiary alicyclic amines) is 1. The third-order valence-corrected chi connectivity index (χ3v) is 8.76. The second-order valence-corrected chi connectivity index (χ2v) is 12.3. The molecule has 3 aromatic rings. The van der Waals surface area contributed by atoms with E-state index in [1.54, 1.807) is 25.3 Å². The minimum Gasteiger partial charge on any atom is -0.496 e. The molecule has 1 spiro atoms. The van der Waals surface area contributed by atoms with Crippen molar-refractivity contribution >= 4 is 40.2 Å². The van der Waals surface area contributed by atoms with Crippen molar-refractivity contribution in [2.45, 2.75) is 69.2 Å². The van der Waals surface area contributed by atoms with E-state index in [4.69, 9.17) is 4.74 Å². The number of fused-ring (bicyclic) bond motifs is 3. The Labute approximate surface area is 249 Å². The normalized spacial score (nSPS) is 22.4. The molecule has 11 heteroatoms. The van der Waals surface area contributed by atoms with E-state index in [2.05, 4.69) is 20.9 Å². The van der Waals surface area contributed by atoms with Gasteiger partial charge < -0.3 is 35.7 Å². The molecule has 1 unspecified atom stereocenters. The van der Waals surface area contributed by atoms with Crippen molar-refractivity contribution in [3.8, 4) is 5.75 Å². The summed E-state index contributed by atoms with van der Waals surface area (Å²) in [4.78, 5) is 58.9. The molecule has 1 saturated carbocycles. The van der Waals surface area contributed by atoms with Crippen molar-refractivity contribution in [1.82, 2.24) is 20.5 Å². The zero-order valence-electron chi connectivity index (χ0n) is 24.5. The van der Waals surface area contributed by atoms with Crippen LogP contribution in [0.4, 0.5) is 5.69 Å². The number of H-pyrrole nitrogens is 1. The summed E-state index contributed by atoms with van der Waals surface area (Å²) in [7, 11) is 1.56. The molecule has 2 aliphatic heterocycles. The number of hydrogen-bond donors (Lipinski definition) is 5. The number of para-hydroxylation sites is 1. The molecule has 1 aromatic heterocycles. The van der Waals surface area contributed by atoms with E-state index in [1.807, 2.05) is 44.2 Å². The summed E-state index contributed by atoms with van der Waals surface area (Å²) in [5, 5.41) is 20.7. The number of methoxy groups -OCH3 is 1. The maximum Gasteiger partial charge on any atom is 0.268 e. The highest BCUT2D eigenvalue weighted by Crippen LogP contribution is 2.47. The number of anilines is 1. The fourth-order valence-electron chi connectivity index (χ4n) is 6.44. The zero-order valence-corrected chi connectivity index (χ0v) is 24.5.